The maximum absolute atomic E-state index is 13.7. The van der Waals surface area contributed by atoms with Gasteiger partial charge in [-0.15, -0.1) is 0 Å². The number of hydrogen-bond acceptors (Lipinski definition) is 1. The molecule has 0 bridgehead atoms. The monoisotopic (exact) mass is 407 g/mol. The van der Waals surface area contributed by atoms with Crippen molar-refractivity contribution < 1.29 is 4.79 Å². The number of nitrogens with one attached hydrogen (secondary N) is 1. The Labute approximate surface area is 183 Å². The first-order valence-electron chi connectivity index (χ1n) is 12.3. The molecule has 0 radical (unpaired) electrons. The number of hydrogen-bond donors (Lipinski definition) is 1. The van der Waals surface area contributed by atoms with E-state index >= 15 is 0 Å². The minimum Gasteiger partial charge on any atom is -0.326 e. The van der Waals surface area contributed by atoms with Gasteiger partial charge in [0.15, 0.2) is 0 Å². The molecular weight excluding hydrogens is 366 g/mol. The van der Waals surface area contributed by atoms with E-state index in [0.717, 1.165) is 30.4 Å². The highest BCUT2D eigenvalue weighted by molar-refractivity contribution is 5.95. The minimum atomic E-state index is -0.279. The lowest BCUT2D eigenvalue weighted by atomic mass is 9.48. The maximum atomic E-state index is 13.7. The molecule has 3 unspecified atom stereocenters. The van der Waals surface area contributed by atoms with Gasteiger partial charge in [-0.3, -0.25) is 4.79 Å². The summed E-state index contributed by atoms with van der Waals surface area (Å²) in [6, 6.07) is 6.29. The van der Waals surface area contributed by atoms with Crippen molar-refractivity contribution in [3.05, 3.63) is 40.5 Å². The Bertz CT molecular complexity index is 865. The van der Waals surface area contributed by atoms with E-state index in [1.165, 1.54) is 49.7 Å². The average Bonchev–Trinajstić information content (AvgIpc) is 2.70. The van der Waals surface area contributed by atoms with Crippen LogP contribution in [0.5, 0.6) is 0 Å². The fourth-order valence-electron chi connectivity index (χ4n) is 7.12. The first-order valence-corrected chi connectivity index (χ1v) is 12.3. The molecule has 0 aromatic heterocycles. The zero-order valence-electron chi connectivity index (χ0n) is 20.0. The second-order valence-electron chi connectivity index (χ2n) is 11.4. The molecule has 2 nitrogen and oxygen atoms in total. The van der Waals surface area contributed by atoms with E-state index in [1.54, 1.807) is 11.1 Å². The van der Waals surface area contributed by atoms with Gasteiger partial charge in [-0.1, -0.05) is 51.3 Å². The summed E-state index contributed by atoms with van der Waals surface area (Å²) in [5.74, 6) is 2.33. The highest BCUT2D eigenvalue weighted by atomic mass is 16.2. The van der Waals surface area contributed by atoms with Crippen molar-refractivity contribution in [3.8, 4) is 0 Å². The third-order valence-electron chi connectivity index (χ3n) is 9.28. The predicted molar refractivity (Wildman–Crippen MR) is 127 cm³/mol. The van der Waals surface area contributed by atoms with Crippen molar-refractivity contribution >= 4 is 11.6 Å². The lowest BCUT2D eigenvalue weighted by Crippen LogP contribution is -2.52. The van der Waals surface area contributed by atoms with Gasteiger partial charge >= 0.3 is 0 Å². The van der Waals surface area contributed by atoms with Gasteiger partial charge in [0.1, 0.15) is 0 Å². The Morgan fingerprint density at radius 2 is 1.83 bits per heavy atom. The van der Waals surface area contributed by atoms with Crippen LogP contribution < -0.4 is 5.32 Å². The topological polar surface area (TPSA) is 29.1 Å². The molecule has 2 heteroatoms. The van der Waals surface area contributed by atoms with Crippen LogP contribution in [-0.4, -0.2) is 5.91 Å². The second-order valence-corrected chi connectivity index (χ2v) is 11.4. The fraction of sp³-hybridized carbons (Fsp3) is 0.679. The summed E-state index contributed by atoms with van der Waals surface area (Å²) in [4.78, 5) is 13.7. The molecule has 1 fully saturated rings. The van der Waals surface area contributed by atoms with E-state index < -0.39 is 0 Å². The Kier molecular flexibility index (Phi) is 5.66. The largest absolute Gasteiger partial charge is 0.326 e. The summed E-state index contributed by atoms with van der Waals surface area (Å²) in [6.45, 7) is 13.8. The van der Waals surface area contributed by atoms with Gasteiger partial charge in [0, 0.05) is 5.69 Å². The lowest BCUT2D eigenvalue weighted by Gasteiger charge is -2.56. The number of allylic oxidation sites excluding steroid dienone is 2. The van der Waals surface area contributed by atoms with Crippen molar-refractivity contribution in [1.29, 1.82) is 0 Å². The maximum Gasteiger partial charge on any atom is 0.230 e. The normalized spacial score (nSPS) is 33.8. The standard InChI is InChI=1S/C28H41NO/c1-18(2)21-9-12-24-22(17-21)10-13-25-27(24,5)14-7-15-28(25,6)26(30)29-23-11-8-19(3)20(4)16-23/h8,11,16,18,21,25H,7,9-10,12-15,17H2,1-6H3,(H,29,30)/t21?,25?,27?,28-/m1/s1. The fourth-order valence-corrected chi connectivity index (χ4v) is 7.12. The van der Waals surface area contributed by atoms with Crippen LogP contribution in [0.1, 0.15) is 90.2 Å². The Morgan fingerprint density at radius 3 is 2.53 bits per heavy atom. The summed E-state index contributed by atoms with van der Waals surface area (Å²) in [6.07, 6.45) is 9.73. The van der Waals surface area contributed by atoms with Crippen molar-refractivity contribution in [2.75, 3.05) is 5.32 Å². The van der Waals surface area contributed by atoms with Crippen LogP contribution in [0.25, 0.3) is 0 Å². The summed E-state index contributed by atoms with van der Waals surface area (Å²) in [7, 11) is 0. The zero-order chi connectivity index (χ0) is 21.7. The minimum absolute atomic E-state index is 0.211. The average molecular weight is 408 g/mol. The van der Waals surface area contributed by atoms with Crippen LogP contribution in [0.2, 0.25) is 0 Å². The highest BCUT2D eigenvalue weighted by Crippen LogP contribution is 2.62. The summed E-state index contributed by atoms with van der Waals surface area (Å²) < 4.78 is 0. The summed E-state index contributed by atoms with van der Waals surface area (Å²) in [5, 5.41) is 3.31. The number of anilines is 1. The molecule has 3 aliphatic carbocycles. The molecule has 1 amide bonds. The van der Waals surface area contributed by atoms with Crippen LogP contribution in [0.4, 0.5) is 5.69 Å². The molecule has 4 rings (SSSR count). The Balaban J connectivity index is 1.60. The first-order chi connectivity index (χ1) is 14.1. The van der Waals surface area contributed by atoms with Gasteiger partial charge in [0.05, 0.1) is 5.41 Å². The van der Waals surface area contributed by atoms with Gasteiger partial charge in [0.2, 0.25) is 5.91 Å². The molecule has 0 saturated heterocycles. The van der Waals surface area contributed by atoms with Crippen molar-refractivity contribution in [3.63, 3.8) is 0 Å². The van der Waals surface area contributed by atoms with Gasteiger partial charge in [-0.25, -0.2) is 0 Å². The van der Waals surface area contributed by atoms with Crippen molar-refractivity contribution in [2.24, 2.45) is 28.6 Å². The van der Waals surface area contributed by atoms with E-state index in [1.807, 2.05) is 0 Å². The van der Waals surface area contributed by atoms with E-state index in [2.05, 4.69) is 65.1 Å². The number of rotatable bonds is 3. The van der Waals surface area contributed by atoms with E-state index in [9.17, 15) is 4.79 Å². The number of carbonyl (C=O) groups excluding carboxylic acids is 1. The molecule has 0 spiro atoms. The molecule has 1 saturated carbocycles. The third kappa shape index (κ3) is 3.55. The molecule has 164 valence electrons. The summed E-state index contributed by atoms with van der Waals surface area (Å²) >= 11 is 0. The molecule has 1 N–H and O–H groups in total. The van der Waals surface area contributed by atoms with Crippen molar-refractivity contribution in [1.82, 2.24) is 0 Å². The molecule has 1 aromatic rings. The highest BCUT2D eigenvalue weighted by Gasteiger charge is 2.55. The number of fused-ring (bicyclic) bond motifs is 2. The van der Waals surface area contributed by atoms with Crippen LogP contribution in [0.15, 0.2) is 29.3 Å². The SMILES string of the molecule is Cc1ccc(NC(=O)[C@]2(C)CCCC3(C)C4=C(CCC32)CC(C(C)C)CC4)cc1C. The summed E-state index contributed by atoms with van der Waals surface area (Å²) in [5.41, 5.74) is 6.90. The molecule has 4 atom stereocenters. The van der Waals surface area contributed by atoms with Gasteiger partial charge in [0.25, 0.3) is 0 Å². The smallest absolute Gasteiger partial charge is 0.230 e. The van der Waals surface area contributed by atoms with E-state index in [0.29, 0.717) is 5.92 Å². The van der Waals surface area contributed by atoms with E-state index in [4.69, 9.17) is 0 Å². The van der Waals surface area contributed by atoms with Gasteiger partial charge in [-0.05, 0) is 105 Å². The Hall–Kier alpha value is -1.57. The van der Waals surface area contributed by atoms with Crippen molar-refractivity contribution in [2.45, 2.75) is 92.9 Å². The van der Waals surface area contributed by atoms with Crippen LogP contribution in [0, 0.1) is 42.4 Å². The predicted octanol–water partition coefficient (Wildman–Crippen LogP) is 7.60. The van der Waals surface area contributed by atoms with Gasteiger partial charge in [-0.2, -0.15) is 0 Å². The van der Waals surface area contributed by atoms with Crippen LogP contribution in [-0.2, 0) is 4.79 Å². The molecule has 1 aromatic carbocycles. The third-order valence-corrected chi connectivity index (χ3v) is 9.28. The molecule has 0 aliphatic heterocycles. The van der Waals surface area contributed by atoms with Crippen LogP contribution in [0.3, 0.4) is 0 Å². The van der Waals surface area contributed by atoms with Crippen LogP contribution >= 0.6 is 0 Å². The quantitative estimate of drug-likeness (QED) is 0.513. The zero-order valence-corrected chi connectivity index (χ0v) is 20.0. The number of aryl methyl sites for hydroxylation is 2. The molecule has 0 heterocycles. The molecule has 30 heavy (non-hydrogen) atoms. The number of amides is 1. The number of benzene rings is 1. The van der Waals surface area contributed by atoms with Gasteiger partial charge < -0.3 is 5.32 Å². The molecular formula is C28H41NO. The number of carbonyl (C=O) groups is 1. The first kappa shape index (κ1) is 21.7. The molecule has 3 aliphatic rings. The lowest BCUT2D eigenvalue weighted by molar-refractivity contribution is -0.135. The van der Waals surface area contributed by atoms with E-state index in [-0.39, 0.29) is 16.7 Å². The Morgan fingerprint density at radius 1 is 1.07 bits per heavy atom. The second kappa shape index (κ2) is 7.84.